The molecule has 5 rings (SSSR count). The molecule has 3 nitrogen and oxygen atoms in total. The van der Waals surface area contributed by atoms with Gasteiger partial charge in [0.2, 0.25) is 0 Å². The molecule has 0 spiro atoms. The summed E-state index contributed by atoms with van der Waals surface area (Å²) < 4.78 is 0. The SMILES string of the molecule is CC1(C)C=CC=C(N(c2cccc3ncccc23)c2cccc3ncccc23)C=C1. The number of hydrogen-bond acceptors (Lipinski definition) is 3. The fraction of sp³-hybridized carbons (Fsp3) is 0.111. The summed E-state index contributed by atoms with van der Waals surface area (Å²) in [7, 11) is 0. The molecule has 1 aliphatic carbocycles. The highest BCUT2D eigenvalue weighted by molar-refractivity contribution is 6.01. The Morgan fingerprint density at radius 3 is 1.90 bits per heavy atom. The van der Waals surface area contributed by atoms with E-state index in [0.717, 1.165) is 38.9 Å². The van der Waals surface area contributed by atoms with Crippen molar-refractivity contribution in [2.45, 2.75) is 13.8 Å². The minimum absolute atomic E-state index is 0.00451. The van der Waals surface area contributed by atoms with Crippen molar-refractivity contribution in [3.63, 3.8) is 0 Å². The maximum Gasteiger partial charge on any atom is 0.0723 e. The molecular formula is C27H23N3. The first-order valence-corrected chi connectivity index (χ1v) is 10.2. The van der Waals surface area contributed by atoms with Crippen LogP contribution in [0, 0.1) is 5.41 Å². The van der Waals surface area contributed by atoms with E-state index >= 15 is 0 Å². The van der Waals surface area contributed by atoms with Crippen LogP contribution in [0.4, 0.5) is 11.4 Å². The Labute approximate surface area is 176 Å². The van der Waals surface area contributed by atoms with E-state index in [-0.39, 0.29) is 5.41 Å². The van der Waals surface area contributed by atoms with Crippen LogP contribution in [0.2, 0.25) is 0 Å². The van der Waals surface area contributed by atoms with Crippen molar-refractivity contribution in [3.8, 4) is 0 Å². The molecule has 3 heteroatoms. The number of fused-ring (bicyclic) bond motifs is 2. The molecule has 146 valence electrons. The summed E-state index contributed by atoms with van der Waals surface area (Å²) >= 11 is 0. The molecule has 1 aliphatic rings. The number of pyridine rings is 2. The first kappa shape index (κ1) is 18.3. The van der Waals surface area contributed by atoms with Gasteiger partial charge < -0.3 is 4.90 Å². The van der Waals surface area contributed by atoms with Crippen LogP contribution < -0.4 is 4.90 Å². The standard InChI is InChI=1S/C27H23N3/c1-27(2)16-5-8-20(15-17-27)30(25-13-3-11-23-21(25)9-6-18-28-23)26-14-4-12-24-22(26)10-7-19-29-24/h3-19H,1-2H3. The van der Waals surface area contributed by atoms with E-state index in [1.54, 1.807) is 0 Å². The van der Waals surface area contributed by atoms with Crippen LogP contribution in [0.25, 0.3) is 21.8 Å². The van der Waals surface area contributed by atoms with Crippen molar-refractivity contribution in [1.29, 1.82) is 0 Å². The third-order valence-corrected chi connectivity index (χ3v) is 5.46. The highest BCUT2D eigenvalue weighted by Gasteiger charge is 2.20. The molecule has 0 saturated carbocycles. The highest BCUT2D eigenvalue weighted by atomic mass is 15.2. The van der Waals surface area contributed by atoms with Crippen LogP contribution in [0.1, 0.15) is 13.8 Å². The summed E-state index contributed by atoms with van der Waals surface area (Å²) in [5.41, 5.74) is 5.26. The maximum absolute atomic E-state index is 4.58. The van der Waals surface area contributed by atoms with E-state index in [0.29, 0.717) is 0 Å². The predicted octanol–water partition coefficient (Wildman–Crippen LogP) is 6.96. The second-order valence-corrected chi connectivity index (χ2v) is 8.14. The molecule has 30 heavy (non-hydrogen) atoms. The molecule has 0 saturated heterocycles. The normalized spacial score (nSPS) is 15.2. The van der Waals surface area contributed by atoms with Crippen LogP contribution in [-0.4, -0.2) is 9.97 Å². The van der Waals surface area contributed by atoms with Gasteiger partial charge in [-0.15, -0.1) is 0 Å². The zero-order valence-electron chi connectivity index (χ0n) is 17.2. The first-order chi connectivity index (χ1) is 14.6. The van der Waals surface area contributed by atoms with Gasteiger partial charge in [-0.3, -0.25) is 9.97 Å². The van der Waals surface area contributed by atoms with Crippen molar-refractivity contribution in [1.82, 2.24) is 9.97 Å². The Balaban J connectivity index is 1.81. The van der Waals surface area contributed by atoms with E-state index in [9.17, 15) is 0 Å². The summed E-state index contributed by atoms with van der Waals surface area (Å²) in [6.45, 7) is 4.43. The van der Waals surface area contributed by atoms with E-state index < -0.39 is 0 Å². The zero-order chi connectivity index (χ0) is 20.6. The molecule has 4 aromatic rings. The second kappa shape index (κ2) is 7.27. The Morgan fingerprint density at radius 1 is 0.700 bits per heavy atom. The van der Waals surface area contributed by atoms with Crippen molar-refractivity contribution in [2.24, 2.45) is 5.41 Å². The highest BCUT2D eigenvalue weighted by Crippen LogP contribution is 2.39. The predicted molar refractivity (Wildman–Crippen MR) is 126 cm³/mol. The van der Waals surface area contributed by atoms with Crippen LogP contribution in [0.5, 0.6) is 0 Å². The van der Waals surface area contributed by atoms with Crippen LogP contribution in [-0.2, 0) is 0 Å². The summed E-state index contributed by atoms with van der Waals surface area (Å²) in [5.74, 6) is 0. The van der Waals surface area contributed by atoms with Gasteiger partial charge in [-0.25, -0.2) is 0 Å². The lowest BCUT2D eigenvalue weighted by atomic mass is 9.93. The van der Waals surface area contributed by atoms with E-state index in [4.69, 9.17) is 0 Å². The van der Waals surface area contributed by atoms with Crippen LogP contribution in [0.15, 0.2) is 109 Å². The quantitative estimate of drug-likeness (QED) is 0.379. The Hall–Kier alpha value is -3.72. The average molecular weight is 390 g/mol. The van der Waals surface area contributed by atoms with Gasteiger partial charge in [0.15, 0.2) is 0 Å². The van der Waals surface area contributed by atoms with Gasteiger partial charge in [-0.05, 0) is 60.7 Å². The largest absolute Gasteiger partial charge is 0.309 e. The molecule has 0 atom stereocenters. The number of hydrogen-bond donors (Lipinski definition) is 0. The molecule has 2 aromatic carbocycles. The van der Waals surface area contributed by atoms with Gasteiger partial charge in [0.1, 0.15) is 0 Å². The number of benzene rings is 2. The molecule has 2 aromatic heterocycles. The molecular weight excluding hydrogens is 366 g/mol. The lowest BCUT2D eigenvalue weighted by molar-refractivity contribution is 0.627. The molecule has 0 N–H and O–H groups in total. The fourth-order valence-electron chi connectivity index (χ4n) is 3.93. The Morgan fingerprint density at radius 2 is 1.30 bits per heavy atom. The van der Waals surface area contributed by atoms with Crippen molar-refractivity contribution in [2.75, 3.05) is 4.90 Å². The number of rotatable bonds is 3. The molecule has 2 heterocycles. The number of allylic oxidation sites excluding steroid dienone is 5. The van der Waals surface area contributed by atoms with E-state index in [2.05, 4.69) is 108 Å². The minimum Gasteiger partial charge on any atom is -0.309 e. The summed E-state index contributed by atoms with van der Waals surface area (Å²) in [4.78, 5) is 11.5. The van der Waals surface area contributed by atoms with Gasteiger partial charge >= 0.3 is 0 Å². The second-order valence-electron chi connectivity index (χ2n) is 8.14. The average Bonchev–Trinajstić information content (AvgIpc) is 2.95. The zero-order valence-corrected chi connectivity index (χ0v) is 17.2. The third kappa shape index (κ3) is 3.29. The fourth-order valence-corrected chi connectivity index (χ4v) is 3.93. The topological polar surface area (TPSA) is 29.0 Å². The number of aromatic nitrogens is 2. The summed E-state index contributed by atoms with van der Waals surface area (Å²) in [6, 6.07) is 20.8. The van der Waals surface area contributed by atoms with Gasteiger partial charge in [0, 0.05) is 34.3 Å². The Kier molecular flexibility index (Phi) is 4.44. The molecule has 0 bridgehead atoms. The van der Waals surface area contributed by atoms with Gasteiger partial charge in [0.25, 0.3) is 0 Å². The summed E-state index contributed by atoms with van der Waals surface area (Å²) in [5, 5.41) is 2.23. The molecule has 0 unspecified atom stereocenters. The summed E-state index contributed by atoms with van der Waals surface area (Å²) in [6.07, 6.45) is 14.7. The van der Waals surface area contributed by atoms with Gasteiger partial charge in [0.05, 0.1) is 22.4 Å². The number of anilines is 2. The van der Waals surface area contributed by atoms with E-state index in [1.165, 1.54) is 0 Å². The van der Waals surface area contributed by atoms with Crippen molar-refractivity contribution < 1.29 is 0 Å². The third-order valence-electron chi connectivity index (χ3n) is 5.46. The van der Waals surface area contributed by atoms with Crippen LogP contribution >= 0.6 is 0 Å². The molecule has 0 amide bonds. The van der Waals surface area contributed by atoms with Crippen LogP contribution in [0.3, 0.4) is 0 Å². The lowest BCUT2D eigenvalue weighted by Gasteiger charge is -2.28. The molecule has 0 aliphatic heterocycles. The minimum atomic E-state index is 0.00451. The Bertz CT molecular complexity index is 1240. The number of nitrogens with zero attached hydrogens (tertiary/aromatic N) is 3. The van der Waals surface area contributed by atoms with Gasteiger partial charge in [-0.1, -0.05) is 44.2 Å². The van der Waals surface area contributed by atoms with E-state index in [1.807, 2.05) is 24.5 Å². The van der Waals surface area contributed by atoms with Crippen molar-refractivity contribution in [3.05, 3.63) is 109 Å². The smallest absolute Gasteiger partial charge is 0.0723 e. The van der Waals surface area contributed by atoms with Crippen molar-refractivity contribution >= 4 is 33.2 Å². The van der Waals surface area contributed by atoms with Gasteiger partial charge in [-0.2, -0.15) is 0 Å². The maximum atomic E-state index is 4.58. The molecule has 0 fully saturated rings. The lowest BCUT2D eigenvalue weighted by Crippen LogP contribution is -2.16. The first-order valence-electron chi connectivity index (χ1n) is 10.2. The molecule has 0 radical (unpaired) electrons. The monoisotopic (exact) mass is 389 g/mol.